The molecule has 0 aliphatic carbocycles. The first-order chi connectivity index (χ1) is 19.6. The monoisotopic (exact) mass is 570 g/mol. The van der Waals surface area contributed by atoms with E-state index in [0.29, 0.717) is 11.3 Å². The first-order valence-electron chi connectivity index (χ1n) is 12.7. The van der Waals surface area contributed by atoms with E-state index in [1.54, 1.807) is 12.1 Å². The molecule has 4 aromatic rings. The minimum Gasteiger partial charge on any atom is -0.507 e. The number of carbonyl (C=O) groups excluding carboxylic acids is 2. The summed E-state index contributed by atoms with van der Waals surface area (Å²) in [5, 5.41) is 19.6. The van der Waals surface area contributed by atoms with E-state index in [9.17, 15) is 24.6 Å². The van der Waals surface area contributed by atoms with Crippen molar-refractivity contribution >= 4 is 35.5 Å². The van der Waals surface area contributed by atoms with E-state index in [-0.39, 0.29) is 24.6 Å². The molecule has 0 bridgehead atoms. The number of carbonyl (C=O) groups is 3. The Bertz CT molecular complexity index is 1540. The maximum atomic E-state index is 13.6. The van der Waals surface area contributed by atoms with Gasteiger partial charge in [-0.3, -0.25) is 4.79 Å². The van der Waals surface area contributed by atoms with Gasteiger partial charge < -0.3 is 19.8 Å². The number of esters is 1. The summed E-state index contributed by atoms with van der Waals surface area (Å²) < 4.78 is 6.58. The third kappa shape index (κ3) is 7.53. The number of amides is 1. The lowest BCUT2D eigenvalue weighted by molar-refractivity contribution is -0.118. The van der Waals surface area contributed by atoms with Gasteiger partial charge in [-0.2, -0.15) is 0 Å². The van der Waals surface area contributed by atoms with Crippen LogP contribution in [0.2, 0.25) is 0 Å². The predicted octanol–water partition coefficient (Wildman–Crippen LogP) is 6.02. The Balaban J connectivity index is 1.55. The van der Waals surface area contributed by atoms with E-state index in [1.807, 2.05) is 78.9 Å². The Kier molecular flexibility index (Phi) is 9.44. The van der Waals surface area contributed by atoms with Crippen LogP contribution in [0.4, 0.5) is 5.69 Å². The number of hydrogen-bond acceptors (Lipinski definition) is 7. The molecule has 0 saturated carbocycles. The summed E-state index contributed by atoms with van der Waals surface area (Å²) >= 11 is 1.44. The van der Waals surface area contributed by atoms with Gasteiger partial charge >= 0.3 is 11.9 Å². The number of phenols is 1. The number of aromatic carboxylic acids is 1. The SMILES string of the molecule is COC(=O)c1ccc(-c2ccc(CN(C(=O)CN(C)Sc3ccc(C)cc3)c3ccc(C(=O)O)c(O)c3)cc2)cc1. The Morgan fingerprint density at radius 3 is 2.02 bits per heavy atom. The molecule has 0 aliphatic rings. The minimum atomic E-state index is -1.25. The fourth-order valence-corrected chi connectivity index (χ4v) is 4.97. The number of benzene rings is 4. The van der Waals surface area contributed by atoms with Crippen LogP contribution in [0.1, 0.15) is 31.8 Å². The number of anilines is 1. The fourth-order valence-electron chi connectivity index (χ4n) is 4.18. The number of nitrogens with zero attached hydrogens (tertiary/aromatic N) is 2. The van der Waals surface area contributed by atoms with Gasteiger partial charge in [-0.15, -0.1) is 0 Å². The third-order valence-corrected chi connectivity index (χ3v) is 7.32. The molecule has 0 aromatic heterocycles. The number of likely N-dealkylation sites (N-methyl/N-ethyl adjacent to an activating group) is 1. The number of carboxylic acid groups (broad SMARTS) is 1. The summed E-state index contributed by atoms with van der Waals surface area (Å²) in [5.41, 5.74) is 4.44. The van der Waals surface area contributed by atoms with Gasteiger partial charge in [0, 0.05) is 16.6 Å². The van der Waals surface area contributed by atoms with Crippen molar-refractivity contribution in [3.8, 4) is 16.9 Å². The van der Waals surface area contributed by atoms with Crippen molar-refractivity contribution in [3.63, 3.8) is 0 Å². The quantitative estimate of drug-likeness (QED) is 0.176. The van der Waals surface area contributed by atoms with E-state index in [2.05, 4.69) is 0 Å². The molecule has 0 heterocycles. The molecular formula is C32H30N2O6S. The highest BCUT2D eigenvalue weighted by molar-refractivity contribution is 7.97. The number of rotatable bonds is 10. The largest absolute Gasteiger partial charge is 0.507 e. The molecule has 0 fully saturated rings. The van der Waals surface area contributed by atoms with Gasteiger partial charge in [0.2, 0.25) is 5.91 Å². The lowest BCUT2D eigenvalue weighted by atomic mass is 10.0. The number of aromatic hydroxyl groups is 1. The van der Waals surface area contributed by atoms with Gasteiger partial charge in [-0.1, -0.05) is 54.1 Å². The predicted molar refractivity (Wildman–Crippen MR) is 159 cm³/mol. The first-order valence-corrected chi connectivity index (χ1v) is 13.5. The topological polar surface area (TPSA) is 107 Å². The maximum absolute atomic E-state index is 13.6. The molecule has 0 radical (unpaired) electrons. The van der Waals surface area contributed by atoms with Crippen LogP contribution in [-0.2, 0) is 16.1 Å². The van der Waals surface area contributed by atoms with Crippen molar-refractivity contribution in [1.82, 2.24) is 4.31 Å². The Hall–Kier alpha value is -4.60. The van der Waals surface area contributed by atoms with Crippen LogP contribution in [0.15, 0.2) is 95.9 Å². The highest BCUT2D eigenvalue weighted by atomic mass is 32.2. The van der Waals surface area contributed by atoms with Crippen LogP contribution in [0, 0.1) is 6.92 Å². The second-order valence-corrected chi connectivity index (χ2v) is 10.7. The van der Waals surface area contributed by atoms with Crippen molar-refractivity contribution in [2.45, 2.75) is 18.4 Å². The van der Waals surface area contributed by atoms with Gasteiger partial charge in [-0.25, -0.2) is 13.9 Å². The highest BCUT2D eigenvalue weighted by Crippen LogP contribution is 2.28. The molecule has 0 atom stereocenters. The number of methoxy groups -OCH3 is 1. The molecular weight excluding hydrogens is 540 g/mol. The summed E-state index contributed by atoms with van der Waals surface area (Å²) in [4.78, 5) is 39.2. The van der Waals surface area contributed by atoms with Gasteiger partial charge in [0.1, 0.15) is 11.3 Å². The standard InChI is InChI=1S/C32H30N2O6S/c1-21-4-15-27(16-5-21)41-33(2)20-30(36)34(26-14-17-28(31(37)38)29(35)18-26)19-22-6-8-23(9-7-22)24-10-12-25(13-11-24)32(39)40-3/h4-18,35H,19-20H2,1-3H3,(H,37,38). The zero-order valence-electron chi connectivity index (χ0n) is 22.9. The second kappa shape index (κ2) is 13.2. The molecule has 0 spiro atoms. The number of carboxylic acids is 1. The van der Waals surface area contributed by atoms with E-state index in [4.69, 9.17) is 4.74 Å². The number of ether oxygens (including phenoxy) is 1. The maximum Gasteiger partial charge on any atom is 0.339 e. The van der Waals surface area contributed by atoms with Crippen LogP contribution in [-0.4, -0.2) is 53.1 Å². The van der Waals surface area contributed by atoms with Crippen molar-refractivity contribution in [2.75, 3.05) is 25.6 Å². The smallest absolute Gasteiger partial charge is 0.339 e. The van der Waals surface area contributed by atoms with Gasteiger partial charge in [0.05, 0.1) is 25.8 Å². The lowest BCUT2D eigenvalue weighted by Crippen LogP contribution is -2.36. The Morgan fingerprint density at radius 1 is 0.854 bits per heavy atom. The number of hydrogen-bond donors (Lipinski definition) is 2. The summed E-state index contributed by atoms with van der Waals surface area (Å²) in [5.74, 6) is -2.30. The van der Waals surface area contributed by atoms with Crippen molar-refractivity contribution in [2.24, 2.45) is 0 Å². The van der Waals surface area contributed by atoms with Crippen LogP contribution in [0.25, 0.3) is 11.1 Å². The van der Waals surface area contributed by atoms with Gasteiger partial charge in [0.15, 0.2) is 0 Å². The van der Waals surface area contributed by atoms with Crippen LogP contribution < -0.4 is 4.90 Å². The average Bonchev–Trinajstić information content (AvgIpc) is 2.96. The molecule has 41 heavy (non-hydrogen) atoms. The summed E-state index contributed by atoms with van der Waals surface area (Å²) in [7, 11) is 3.16. The molecule has 8 nitrogen and oxygen atoms in total. The molecule has 0 aliphatic heterocycles. The van der Waals surface area contributed by atoms with Gasteiger partial charge in [-0.05, 0) is 79.0 Å². The van der Waals surface area contributed by atoms with Crippen LogP contribution in [0.5, 0.6) is 5.75 Å². The molecule has 0 unspecified atom stereocenters. The molecule has 4 aromatic carbocycles. The lowest BCUT2D eigenvalue weighted by Gasteiger charge is -2.26. The van der Waals surface area contributed by atoms with Crippen molar-refractivity contribution in [3.05, 3.63) is 113 Å². The highest BCUT2D eigenvalue weighted by Gasteiger charge is 2.21. The fraction of sp³-hybridized carbons (Fsp3) is 0.156. The molecule has 210 valence electrons. The van der Waals surface area contributed by atoms with Gasteiger partial charge in [0.25, 0.3) is 0 Å². The van der Waals surface area contributed by atoms with Crippen LogP contribution in [0.3, 0.4) is 0 Å². The average molecular weight is 571 g/mol. The van der Waals surface area contributed by atoms with Crippen LogP contribution >= 0.6 is 11.9 Å². The summed E-state index contributed by atoms with van der Waals surface area (Å²) in [6.45, 7) is 2.29. The van der Waals surface area contributed by atoms with Crippen molar-refractivity contribution < 1.29 is 29.3 Å². The normalized spacial score (nSPS) is 10.8. The molecule has 9 heteroatoms. The Labute approximate surface area is 242 Å². The van der Waals surface area contributed by atoms with Crippen molar-refractivity contribution in [1.29, 1.82) is 0 Å². The Morgan fingerprint density at radius 2 is 1.46 bits per heavy atom. The summed E-state index contributed by atoms with van der Waals surface area (Å²) in [6.07, 6.45) is 0. The zero-order chi connectivity index (χ0) is 29.5. The molecule has 0 saturated heterocycles. The first kappa shape index (κ1) is 29.4. The minimum absolute atomic E-state index is 0.0740. The van der Waals surface area contributed by atoms with E-state index >= 15 is 0 Å². The summed E-state index contributed by atoms with van der Waals surface area (Å²) in [6, 6.07) is 26.8. The van der Waals surface area contributed by atoms with E-state index in [0.717, 1.165) is 27.1 Å². The number of aryl methyl sites for hydroxylation is 1. The zero-order valence-corrected chi connectivity index (χ0v) is 23.7. The molecule has 4 rings (SSSR count). The van der Waals surface area contributed by atoms with E-state index in [1.165, 1.54) is 42.2 Å². The molecule has 2 N–H and O–H groups in total. The molecule has 1 amide bonds. The third-order valence-electron chi connectivity index (χ3n) is 6.40. The second-order valence-electron chi connectivity index (χ2n) is 9.44. The van der Waals surface area contributed by atoms with E-state index < -0.39 is 17.7 Å².